The highest BCUT2D eigenvalue weighted by Gasteiger charge is 2.56. The third-order valence-electron chi connectivity index (χ3n) is 6.20. The second-order valence-electron chi connectivity index (χ2n) is 8.59. The lowest BCUT2D eigenvalue weighted by Crippen LogP contribution is -2.19. The predicted molar refractivity (Wildman–Crippen MR) is 137 cm³/mol. The van der Waals surface area contributed by atoms with Crippen molar-refractivity contribution in [2.75, 3.05) is 5.32 Å². The highest BCUT2D eigenvalue weighted by atomic mass is 16.6. The van der Waals surface area contributed by atoms with Crippen LogP contribution in [0.25, 0.3) is 0 Å². The van der Waals surface area contributed by atoms with Crippen LogP contribution >= 0.6 is 0 Å². The van der Waals surface area contributed by atoms with E-state index in [1.54, 1.807) is 47.4 Å². The Morgan fingerprint density at radius 3 is 2.05 bits per heavy atom. The second kappa shape index (κ2) is 9.87. The fourth-order valence-electron chi connectivity index (χ4n) is 4.36. The molecule has 2 amide bonds. The number of carbonyl (C=O) groups is 3. The SMILES string of the molecule is O=C(Nc1cccc(C(=O)N2[C@H](C(=O)c3ccccc3)[C@H]2c2ccccc2)c1)c1cccc([N+](=O)[O-])c1. The first-order valence-electron chi connectivity index (χ1n) is 11.6. The number of carbonyl (C=O) groups excluding carboxylic acids is 3. The Bertz CT molecular complexity index is 1500. The van der Waals surface area contributed by atoms with Crippen molar-refractivity contribution in [2.45, 2.75) is 12.1 Å². The second-order valence-corrected chi connectivity index (χ2v) is 8.59. The molecule has 0 radical (unpaired) electrons. The zero-order valence-electron chi connectivity index (χ0n) is 19.5. The van der Waals surface area contributed by atoms with Crippen molar-refractivity contribution in [1.29, 1.82) is 0 Å². The van der Waals surface area contributed by atoms with Gasteiger partial charge in [0, 0.05) is 34.5 Å². The Hall–Kier alpha value is -5.11. The third-order valence-corrected chi connectivity index (χ3v) is 6.20. The van der Waals surface area contributed by atoms with Crippen molar-refractivity contribution in [3.05, 3.63) is 142 Å². The van der Waals surface area contributed by atoms with Gasteiger partial charge >= 0.3 is 0 Å². The average Bonchev–Trinajstić information content (AvgIpc) is 3.69. The number of nitro benzene ring substituents is 1. The number of non-ortho nitro benzene ring substituents is 1. The monoisotopic (exact) mass is 491 g/mol. The number of nitrogens with zero attached hydrogens (tertiary/aromatic N) is 2. The molecule has 1 aliphatic rings. The van der Waals surface area contributed by atoms with E-state index in [2.05, 4.69) is 5.32 Å². The number of ketones is 1. The molecule has 4 aromatic carbocycles. The zero-order chi connectivity index (χ0) is 25.9. The smallest absolute Gasteiger partial charge is 0.270 e. The summed E-state index contributed by atoms with van der Waals surface area (Å²) in [5, 5.41) is 13.7. The molecule has 0 saturated carbocycles. The van der Waals surface area contributed by atoms with Crippen molar-refractivity contribution in [2.24, 2.45) is 0 Å². The van der Waals surface area contributed by atoms with Crippen molar-refractivity contribution < 1.29 is 19.3 Å². The molecule has 0 aromatic heterocycles. The van der Waals surface area contributed by atoms with Crippen LogP contribution in [0.1, 0.15) is 42.7 Å². The van der Waals surface area contributed by atoms with E-state index in [0.717, 1.165) is 5.56 Å². The lowest BCUT2D eigenvalue weighted by Gasteiger charge is -2.09. The fourth-order valence-corrected chi connectivity index (χ4v) is 4.36. The van der Waals surface area contributed by atoms with E-state index in [9.17, 15) is 24.5 Å². The molecular weight excluding hydrogens is 470 g/mol. The number of anilines is 1. The van der Waals surface area contributed by atoms with Gasteiger partial charge in [0.1, 0.15) is 6.04 Å². The molecule has 1 aliphatic heterocycles. The molecule has 8 heteroatoms. The summed E-state index contributed by atoms with van der Waals surface area (Å²) >= 11 is 0. The van der Waals surface area contributed by atoms with Gasteiger partial charge in [-0.25, -0.2) is 0 Å². The van der Waals surface area contributed by atoms with Crippen LogP contribution in [0, 0.1) is 10.1 Å². The van der Waals surface area contributed by atoms with E-state index >= 15 is 0 Å². The Kier molecular flexibility index (Phi) is 6.30. The summed E-state index contributed by atoms with van der Waals surface area (Å²) < 4.78 is 0. The van der Waals surface area contributed by atoms with Crippen molar-refractivity contribution in [1.82, 2.24) is 4.90 Å². The van der Waals surface area contributed by atoms with Crippen LogP contribution in [0.4, 0.5) is 11.4 Å². The lowest BCUT2D eigenvalue weighted by atomic mass is 10.0. The Morgan fingerprint density at radius 1 is 0.730 bits per heavy atom. The highest BCUT2D eigenvalue weighted by molar-refractivity contribution is 6.09. The summed E-state index contributed by atoms with van der Waals surface area (Å²) in [5.74, 6) is -1.02. The van der Waals surface area contributed by atoms with Gasteiger partial charge in [0.15, 0.2) is 5.78 Å². The number of hydrogen-bond acceptors (Lipinski definition) is 5. The van der Waals surface area contributed by atoms with E-state index in [1.807, 2.05) is 36.4 Å². The lowest BCUT2D eigenvalue weighted by molar-refractivity contribution is -0.384. The molecule has 4 aromatic rings. The fraction of sp³-hybridized carbons (Fsp3) is 0.0690. The molecule has 8 nitrogen and oxygen atoms in total. The van der Waals surface area contributed by atoms with E-state index in [4.69, 9.17) is 0 Å². The Balaban J connectivity index is 1.39. The molecule has 1 saturated heterocycles. The van der Waals surface area contributed by atoms with Gasteiger partial charge in [-0.15, -0.1) is 0 Å². The van der Waals surface area contributed by atoms with Crippen LogP contribution < -0.4 is 5.32 Å². The molecule has 1 fully saturated rings. The molecule has 1 N–H and O–H groups in total. The van der Waals surface area contributed by atoms with E-state index in [0.29, 0.717) is 16.8 Å². The van der Waals surface area contributed by atoms with E-state index in [1.165, 1.54) is 30.3 Å². The van der Waals surface area contributed by atoms with Crippen molar-refractivity contribution >= 4 is 29.0 Å². The topological polar surface area (TPSA) is 109 Å². The summed E-state index contributed by atoms with van der Waals surface area (Å²) in [6.07, 6.45) is 0. The maximum Gasteiger partial charge on any atom is 0.270 e. The normalized spacial score (nSPS) is 16.1. The molecule has 0 spiro atoms. The minimum absolute atomic E-state index is 0.120. The summed E-state index contributed by atoms with van der Waals surface area (Å²) in [7, 11) is 0. The predicted octanol–water partition coefficient (Wildman–Crippen LogP) is 5.30. The zero-order valence-corrected chi connectivity index (χ0v) is 19.5. The molecule has 182 valence electrons. The molecule has 37 heavy (non-hydrogen) atoms. The van der Waals surface area contributed by atoms with Gasteiger partial charge in [-0.2, -0.15) is 0 Å². The number of nitrogens with one attached hydrogen (secondary N) is 1. The maximum atomic E-state index is 13.6. The van der Waals surface area contributed by atoms with Crippen LogP contribution in [-0.2, 0) is 0 Å². The number of amides is 2. The summed E-state index contributed by atoms with van der Waals surface area (Å²) in [5.41, 5.74) is 1.98. The first-order valence-corrected chi connectivity index (χ1v) is 11.6. The minimum atomic E-state index is -0.639. The standard InChI is InChI=1S/C29H21N3O5/c33-27(20-11-5-2-6-12-20)26-25(19-9-3-1-4-10-19)31(26)29(35)22-14-7-15-23(17-22)30-28(34)21-13-8-16-24(18-21)32(36)37/h1-18,25-26H,(H,30,34)/t25-,26+,31?/m1/s1. The number of benzene rings is 4. The Labute approximate surface area is 212 Å². The molecule has 0 unspecified atom stereocenters. The number of nitro groups is 1. The summed E-state index contributed by atoms with van der Waals surface area (Å²) in [4.78, 5) is 51.5. The highest BCUT2D eigenvalue weighted by Crippen LogP contribution is 2.46. The maximum absolute atomic E-state index is 13.6. The molecular formula is C29H21N3O5. The minimum Gasteiger partial charge on any atom is -0.322 e. The van der Waals surface area contributed by atoms with Gasteiger partial charge in [0.05, 0.1) is 11.0 Å². The summed E-state index contributed by atoms with van der Waals surface area (Å²) in [6.45, 7) is 0. The molecule has 2 atom stereocenters. The molecule has 5 rings (SSSR count). The van der Waals surface area contributed by atoms with Crippen LogP contribution in [0.3, 0.4) is 0 Å². The van der Waals surface area contributed by atoms with Crippen LogP contribution in [-0.4, -0.2) is 33.5 Å². The Morgan fingerprint density at radius 2 is 1.35 bits per heavy atom. The first kappa shape index (κ1) is 23.6. The van der Waals surface area contributed by atoms with Gasteiger partial charge in [-0.1, -0.05) is 72.8 Å². The van der Waals surface area contributed by atoms with E-state index in [-0.39, 0.29) is 22.9 Å². The number of Topliss-reactive ketones (excluding diaryl/α,β-unsaturated/α-hetero) is 1. The van der Waals surface area contributed by atoms with Gasteiger partial charge in [-0.3, -0.25) is 24.5 Å². The van der Waals surface area contributed by atoms with Gasteiger partial charge in [-0.05, 0) is 29.8 Å². The third kappa shape index (κ3) is 4.85. The summed E-state index contributed by atoms with van der Waals surface area (Å²) in [6, 6.07) is 29.0. The van der Waals surface area contributed by atoms with Crippen LogP contribution in [0.2, 0.25) is 0 Å². The van der Waals surface area contributed by atoms with E-state index < -0.39 is 22.9 Å². The molecule has 1 heterocycles. The number of rotatable bonds is 7. The van der Waals surface area contributed by atoms with Gasteiger partial charge in [0.25, 0.3) is 17.5 Å². The number of hydrogen-bond donors (Lipinski definition) is 1. The molecule has 0 bridgehead atoms. The quantitative estimate of drug-likeness (QED) is 0.163. The van der Waals surface area contributed by atoms with Crippen molar-refractivity contribution in [3.8, 4) is 0 Å². The van der Waals surface area contributed by atoms with Crippen LogP contribution in [0.15, 0.2) is 109 Å². The van der Waals surface area contributed by atoms with Crippen molar-refractivity contribution in [3.63, 3.8) is 0 Å². The average molecular weight is 492 g/mol. The first-order chi connectivity index (χ1) is 17.9. The largest absolute Gasteiger partial charge is 0.322 e. The van der Waals surface area contributed by atoms with Gasteiger partial charge in [0.2, 0.25) is 0 Å². The van der Waals surface area contributed by atoms with Crippen LogP contribution in [0.5, 0.6) is 0 Å². The van der Waals surface area contributed by atoms with Gasteiger partial charge < -0.3 is 10.2 Å². The molecule has 0 aliphatic carbocycles.